The monoisotopic (exact) mass is 553 g/mol. The Morgan fingerprint density at radius 1 is 1.23 bits per heavy atom. The maximum atomic E-state index is 13.3. The van der Waals surface area contributed by atoms with Gasteiger partial charge in [0.2, 0.25) is 11.9 Å². The first kappa shape index (κ1) is 27.6. The molecule has 2 aromatic rings. The first-order valence-electron chi connectivity index (χ1n) is 13.9. The van der Waals surface area contributed by atoms with E-state index >= 15 is 0 Å². The molecule has 2 saturated carbocycles. The summed E-state index contributed by atoms with van der Waals surface area (Å²) in [6.45, 7) is 6.38. The van der Waals surface area contributed by atoms with Crippen LogP contribution in [0.4, 0.5) is 23.1 Å². The molecular weight excluding hydrogens is 514 g/mol. The van der Waals surface area contributed by atoms with E-state index in [1.54, 1.807) is 29.3 Å². The molecule has 1 spiro atoms. The molecule has 1 aliphatic heterocycles. The standard InChI is InChI=1S/C29H40ClN7O2/c1-28(2,17-35(3)4)16-32-25(38)19-10-11-22(21(30)14-19)33-27-31-15-23-24(34-27)37(20-8-6-7-9-20)18-29(12-13-29)26(39)36(23)5/h10-11,14-15,20H,6-9,12-13,16-18H2,1-5H3,(H,32,38)(H,31,33,34). The number of anilines is 4. The van der Waals surface area contributed by atoms with E-state index in [0.29, 0.717) is 41.4 Å². The van der Waals surface area contributed by atoms with Gasteiger partial charge in [-0.1, -0.05) is 38.3 Å². The highest BCUT2D eigenvalue weighted by molar-refractivity contribution is 6.33. The molecule has 5 rings (SSSR count). The quantitative estimate of drug-likeness (QED) is 0.489. The Morgan fingerprint density at radius 2 is 1.95 bits per heavy atom. The molecule has 2 aliphatic carbocycles. The molecule has 0 atom stereocenters. The molecule has 10 heteroatoms. The minimum absolute atomic E-state index is 0.0582. The zero-order chi connectivity index (χ0) is 27.9. The number of halogens is 1. The number of carbonyl (C=O) groups is 2. The second-order valence-corrected chi connectivity index (χ2v) is 12.9. The van der Waals surface area contributed by atoms with Crippen LogP contribution in [0.3, 0.4) is 0 Å². The predicted octanol–water partition coefficient (Wildman–Crippen LogP) is 4.70. The average Bonchev–Trinajstić information content (AvgIpc) is 3.49. The summed E-state index contributed by atoms with van der Waals surface area (Å²) in [6, 6.07) is 5.57. The molecule has 2 N–H and O–H groups in total. The first-order valence-corrected chi connectivity index (χ1v) is 14.3. The normalized spacial score (nSPS) is 18.9. The van der Waals surface area contributed by atoms with Gasteiger partial charge in [0.25, 0.3) is 5.91 Å². The van der Waals surface area contributed by atoms with Gasteiger partial charge in [0.1, 0.15) is 5.69 Å². The van der Waals surface area contributed by atoms with Crippen LogP contribution in [0.25, 0.3) is 0 Å². The van der Waals surface area contributed by atoms with E-state index in [2.05, 4.69) is 39.3 Å². The van der Waals surface area contributed by atoms with E-state index in [0.717, 1.165) is 43.7 Å². The average molecular weight is 554 g/mol. The lowest BCUT2D eigenvalue weighted by Gasteiger charge is -2.31. The number of aromatic nitrogens is 2. The molecule has 0 radical (unpaired) electrons. The number of rotatable bonds is 8. The molecule has 210 valence electrons. The van der Waals surface area contributed by atoms with Gasteiger partial charge >= 0.3 is 0 Å². The summed E-state index contributed by atoms with van der Waals surface area (Å²) >= 11 is 6.60. The summed E-state index contributed by atoms with van der Waals surface area (Å²) in [5.41, 5.74) is 1.50. The van der Waals surface area contributed by atoms with E-state index in [-0.39, 0.29) is 22.6 Å². The van der Waals surface area contributed by atoms with Crippen molar-refractivity contribution in [3.8, 4) is 0 Å². The van der Waals surface area contributed by atoms with Gasteiger partial charge in [0, 0.05) is 38.3 Å². The lowest BCUT2D eigenvalue weighted by Crippen LogP contribution is -2.41. The summed E-state index contributed by atoms with van der Waals surface area (Å²) in [4.78, 5) is 41.8. The zero-order valence-electron chi connectivity index (χ0n) is 23.7. The van der Waals surface area contributed by atoms with Gasteiger partial charge in [0.05, 0.1) is 22.3 Å². The van der Waals surface area contributed by atoms with E-state index < -0.39 is 0 Å². The lowest BCUT2D eigenvalue weighted by molar-refractivity contribution is -0.122. The number of nitrogens with zero attached hydrogens (tertiary/aromatic N) is 5. The van der Waals surface area contributed by atoms with Crippen molar-refractivity contribution in [1.29, 1.82) is 0 Å². The topological polar surface area (TPSA) is 93.7 Å². The minimum atomic E-state index is -0.299. The molecule has 2 heterocycles. The van der Waals surface area contributed by atoms with Gasteiger partial charge in [-0.25, -0.2) is 4.98 Å². The number of amides is 2. The van der Waals surface area contributed by atoms with Crippen molar-refractivity contribution < 1.29 is 9.59 Å². The van der Waals surface area contributed by atoms with Gasteiger partial charge < -0.3 is 25.3 Å². The van der Waals surface area contributed by atoms with Crippen LogP contribution >= 0.6 is 11.6 Å². The highest BCUT2D eigenvalue weighted by atomic mass is 35.5. The minimum Gasteiger partial charge on any atom is -0.351 e. The van der Waals surface area contributed by atoms with Crippen molar-refractivity contribution in [1.82, 2.24) is 20.2 Å². The Bertz CT molecular complexity index is 1250. The van der Waals surface area contributed by atoms with Crippen molar-refractivity contribution in [2.45, 2.75) is 58.4 Å². The smallest absolute Gasteiger partial charge is 0.251 e. The second-order valence-electron chi connectivity index (χ2n) is 12.5. The van der Waals surface area contributed by atoms with Crippen LogP contribution in [0.15, 0.2) is 24.4 Å². The summed E-state index contributed by atoms with van der Waals surface area (Å²) in [7, 11) is 5.88. The van der Waals surface area contributed by atoms with Crippen LogP contribution in [0, 0.1) is 10.8 Å². The lowest BCUT2D eigenvalue weighted by atomic mass is 9.93. The van der Waals surface area contributed by atoms with Crippen LogP contribution in [-0.2, 0) is 4.79 Å². The van der Waals surface area contributed by atoms with Crippen molar-refractivity contribution in [2.75, 3.05) is 55.9 Å². The van der Waals surface area contributed by atoms with Crippen LogP contribution in [-0.4, -0.2) is 73.5 Å². The van der Waals surface area contributed by atoms with Crippen molar-refractivity contribution in [3.05, 3.63) is 35.0 Å². The third-order valence-corrected chi connectivity index (χ3v) is 8.50. The molecule has 0 bridgehead atoms. The van der Waals surface area contributed by atoms with Gasteiger partial charge in [-0.05, 0) is 63.4 Å². The fourth-order valence-electron chi connectivity index (χ4n) is 6.06. The number of benzene rings is 1. The summed E-state index contributed by atoms with van der Waals surface area (Å²) in [5.74, 6) is 1.21. The zero-order valence-corrected chi connectivity index (χ0v) is 24.4. The van der Waals surface area contributed by atoms with Gasteiger partial charge in [0.15, 0.2) is 5.82 Å². The Labute approximate surface area is 236 Å². The molecule has 3 aliphatic rings. The van der Waals surface area contributed by atoms with E-state index in [1.807, 2.05) is 21.1 Å². The van der Waals surface area contributed by atoms with Crippen LogP contribution < -0.4 is 20.4 Å². The molecule has 2 fully saturated rings. The Morgan fingerprint density at radius 3 is 2.59 bits per heavy atom. The number of nitrogens with one attached hydrogen (secondary N) is 2. The summed E-state index contributed by atoms with van der Waals surface area (Å²) in [5, 5.41) is 6.67. The second kappa shape index (κ2) is 10.6. The van der Waals surface area contributed by atoms with E-state index in [1.165, 1.54) is 12.8 Å². The summed E-state index contributed by atoms with van der Waals surface area (Å²) in [6.07, 6.45) is 8.21. The highest BCUT2D eigenvalue weighted by Crippen LogP contribution is 2.52. The van der Waals surface area contributed by atoms with Crippen molar-refractivity contribution in [2.24, 2.45) is 10.8 Å². The Balaban J connectivity index is 1.34. The first-order chi connectivity index (χ1) is 18.5. The molecule has 0 saturated heterocycles. The largest absolute Gasteiger partial charge is 0.351 e. The molecule has 9 nitrogen and oxygen atoms in total. The molecule has 1 aromatic carbocycles. The predicted molar refractivity (Wildman–Crippen MR) is 156 cm³/mol. The molecule has 39 heavy (non-hydrogen) atoms. The van der Waals surface area contributed by atoms with Crippen LogP contribution in [0.5, 0.6) is 0 Å². The highest BCUT2D eigenvalue weighted by Gasteiger charge is 2.55. The fraction of sp³-hybridized carbons (Fsp3) is 0.586. The van der Waals surface area contributed by atoms with Crippen LogP contribution in [0.1, 0.15) is 62.7 Å². The fourth-order valence-corrected chi connectivity index (χ4v) is 6.29. The number of hydrogen-bond acceptors (Lipinski definition) is 7. The number of fused-ring (bicyclic) bond motifs is 1. The SMILES string of the molecule is CN(C)CC(C)(C)CNC(=O)c1ccc(Nc2ncc3c(n2)N(C2CCCC2)CC2(CC2)C(=O)N3C)c(Cl)c1. The third-order valence-electron chi connectivity index (χ3n) is 8.18. The van der Waals surface area contributed by atoms with Gasteiger partial charge in [-0.15, -0.1) is 0 Å². The Hall–Kier alpha value is -2.91. The van der Waals surface area contributed by atoms with Gasteiger partial charge in [-0.3, -0.25) is 9.59 Å². The molecule has 1 aromatic heterocycles. The van der Waals surface area contributed by atoms with E-state index in [4.69, 9.17) is 16.6 Å². The number of carbonyl (C=O) groups excluding carboxylic acids is 2. The summed E-state index contributed by atoms with van der Waals surface area (Å²) < 4.78 is 0. The third kappa shape index (κ3) is 5.84. The molecular formula is C29H40ClN7O2. The number of hydrogen-bond donors (Lipinski definition) is 2. The van der Waals surface area contributed by atoms with Crippen LogP contribution in [0.2, 0.25) is 5.02 Å². The maximum Gasteiger partial charge on any atom is 0.251 e. The van der Waals surface area contributed by atoms with Gasteiger partial charge in [-0.2, -0.15) is 4.98 Å². The van der Waals surface area contributed by atoms with E-state index in [9.17, 15) is 9.59 Å². The van der Waals surface area contributed by atoms with Crippen molar-refractivity contribution in [3.63, 3.8) is 0 Å². The maximum absolute atomic E-state index is 13.3. The molecule has 0 unspecified atom stereocenters. The Kier molecular flexibility index (Phi) is 7.50. The van der Waals surface area contributed by atoms with Crippen molar-refractivity contribution >= 4 is 46.6 Å². The molecule has 2 amide bonds.